The molecule has 0 aliphatic carbocycles. The zero-order valence-corrected chi connectivity index (χ0v) is 17.2. The van der Waals surface area contributed by atoms with Crippen molar-refractivity contribution in [1.29, 1.82) is 0 Å². The second-order valence-corrected chi connectivity index (χ2v) is 7.79. The number of hydrogen-bond acceptors (Lipinski definition) is 7. The summed E-state index contributed by atoms with van der Waals surface area (Å²) in [7, 11) is -1.05. The van der Waals surface area contributed by atoms with E-state index in [4.69, 9.17) is 15.2 Å². The minimum Gasteiger partial charge on any atom is -0.507 e. The predicted octanol–water partition coefficient (Wildman–Crippen LogP) is 0.945. The Balaban J connectivity index is 1.68. The van der Waals surface area contributed by atoms with Crippen molar-refractivity contribution in [2.24, 2.45) is 5.73 Å². The molecule has 0 aliphatic heterocycles. The van der Waals surface area contributed by atoms with Crippen molar-refractivity contribution in [3.8, 4) is 17.2 Å². The van der Waals surface area contributed by atoms with E-state index in [1.54, 1.807) is 24.5 Å². The summed E-state index contributed by atoms with van der Waals surface area (Å²) in [5.41, 5.74) is 6.05. The van der Waals surface area contributed by atoms with Crippen LogP contribution in [0, 0.1) is 6.92 Å². The van der Waals surface area contributed by atoms with Gasteiger partial charge in [-0.05, 0) is 48.9 Å². The van der Waals surface area contributed by atoms with Crippen molar-refractivity contribution in [3.05, 3.63) is 47.5 Å². The minimum atomic E-state index is -1.05. The van der Waals surface area contributed by atoms with E-state index in [1.807, 2.05) is 6.92 Å². The van der Waals surface area contributed by atoms with Gasteiger partial charge in [0.25, 0.3) is 5.91 Å². The highest BCUT2D eigenvalue weighted by atomic mass is 32.2. The summed E-state index contributed by atoms with van der Waals surface area (Å²) in [5, 5.41) is 22.6. The number of benzene rings is 2. The van der Waals surface area contributed by atoms with Gasteiger partial charge in [-0.25, -0.2) is 0 Å². The number of carbonyl (C=O) groups is 1. The molecule has 2 rings (SSSR count). The Morgan fingerprint density at radius 2 is 1.90 bits per heavy atom. The van der Waals surface area contributed by atoms with Crippen LogP contribution in [0.2, 0.25) is 0 Å². The highest BCUT2D eigenvalue weighted by Gasteiger charge is 2.10. The van der Waals surface area contributed by atoms with Crippen LogP contribution < -0.4 is 20.5 Å². The first kappa shape index (κ1) is 22.7. The van der Waals surface area contributed by atoms with Crippen LogP contribution in [0.25, 0.3) is 0 Å². The van der Waals surface area contributed by atoms with Crippen LogP contribution in [0.4, 0.5) is 0 Å². The van der Waals surface area contributed by atoms with E-state index in [2.05, 4.69) is 5.32 Å². The van der Waals surface area contributed by atoms with E-state index in [-0.39, 0.29) is 17.9 Å². The Labute approximate surface area is 172 Å². The van der Waals surface area contributed by atoms with Gasteiger partial charge in [0, 0.05) is 24.2 Å². The first-order valence-electron chi connectivity index (χ1n) is 8.99. The molecule has 0 saturated heterocycles. The molecule has 5 N–H and O–H groups in total. The van der Waals surface area contributed by atoms with Gasteiger partial charge in [0.2, 0.25) is 0 Å². The summed E-state index contributed by atoms with van der Waals surface area (Å²) in [6.45, 7) is 3.04. The number of nitrogens with two attached hydrogens (primary N) is 1. The number of primary amides is 1. The van der Waals surface area contributed by atoms with Gasteiger partial charge in [0.15, 0.2) is 0 Å². The van der Waals surface area contributed by atoms with E-state index < -0.39 is 22.8 Å². The van der Waals surface area contributed by atoms with Crippen molar-refractivity contribution in [3.63, 3.8) is 0 Å². The summed E-state index contributed by atoms with van der Waals surface area (Å²) in [6, 6.07) is 9.54. The van der Waals surface area contributed by atoms with E-state index in [0.29, 0.717) is 31.2 Å². The fourth-order valence-corrected chi connectivity index (χ4v) is 3.37. The molecule has 29 heavy (non-hydrogen) atoms. The molecule has 0 aliphatic rings. The number of aromatic hydroxyl groups is 1. The van der Waals surface area contributed by atoms with Crippen molar-refractivity contribution >= 4 is 16.7 Å². The molecule has 0 radical (unpaired) electrons. The SMILES string of the molecule is Cc1cc(OCC(O)CNCCOc2ccc(O)c(C(N)=O)c2)ccc1S(C)=O. The Morgan fingerprint density at radius 3 is 2.55 bits per heavy atom. The monoisotopic (exact) mass is 422 g/mol. The van der Waals surface area contributed by atoms with Gasteiger partial charge in [-0.1, -0.05) is 0 Å². The average Bonchev–Trinajstić information content (AvgIpc) is 2.66. The van der Waals surface area contributed by atoms with Gasteiger partial charge in [-0.15, -0.1) is 0 Å². The van der Waals surface area contributed by atoms with Crippen LogP contribution in [-0.4, -0.2) is 59.0 Å². The zero-order chi connectivity index (χ0) is 21.4. The number of aliphatic hydroxyl groups excluding tert-OH is 1. The van der Waals surface area contributed by atoms with Gasteiger partial charge in [0.1, 0.15) is 36.6 Å². The lowest BCUT2D eigenvalue weighted by Crippen LogP contribution is -2.33. The topological polar surface area (TPSA) is 131 Å². The highest BCUT2D eigenvalue weighted by molar-refractivity contribution is 7.84. The molecule has 2 unspecified atom stereocenters. The van der Waals surface area contributed by atoms with Crippen LogP contribution >= 0.6 is 0 Å². The van der Waals surface area contributed by atoms with Gasteiger partial charge in [0.05, 0.1) is 16.4 Å². The standard InChI is InChI=1S/C20H26N2O6S/c1-13-9-15(4-6-19(13)29(2)26)28-12-14(23)11-22-7-8-27-16-3-5-18(24)17(10-16)20(21)25/h3-6,9-10,14,22-24H,7-8,11-12H2,1-2H3,(H2,21,25). The maximum Gasteiger partial charge on any atom is 0.252 e. The van der Waals surface area contributed by atoms with Crippen LogP contribution in [0.3, 0.4) is 0 Å². The van der Waals surface area contributed by atoms with Crippen molar-refractivity contribution in [2.75, 3.05) is 32.6 Å². The second kappa shape index (κ2) is 10.8. The Bertz CT molecular complexity index is 874. The van der Waals surface area contributed by atoms with E-state index in [9.17, 15) is 19.2 Å². The fraction of sp³-hybridized carbons (Fsp3) is 0.350. The van der Waals surface area contributed by atoms with E-state index >= 15 is 0 Å². The number of carbonyl (C=O) groups excluding carboxylic acids is 1. The third-order valence-corrected chi connectivity index (χ3v) is 5.14. The number of ether oxygens (including phenoxy) is 2. The Morgan fingerprint density at radius 1 is 1.21 bits per heavy atom. The molecule has 158 valence electrons. The Hall–Kier alpha value is -2.62. The average molecular weight is 423 g/mol. The normalized spacial score (nSPS) is 12.9. The highest BCUT2D eigenvalue weighted by Crippen LogP contribution is 2.22. The van der Waals surface area contributed by atoms with E-state index in [0.717, 1.165) is 10.5 Å². The van der Waals surface area contributed by atoms with Crippen LogP contribution in [-0.2, 0) is 10.8 Å². The summed E-state index contributed by atoms with van der Waals surface area (Å²) < 4.78 is 22.6. The molecule has 8 nitrogen and oxygen atoms in total. The molecule has 0 heterocycles. The van der Waals surface area contributed by atoms with Gasteiger partial charge in [-0.2, -0.15) is 0 Å². The summed E-state index contributed by atoms with van der Waals surface area (Å²) in [5.74, 6) is 0.0895. The quantitative estimate of drug-likeness (QED) is 0.397. The number of hydrogen-bond donors (Lipinski definition) is 4. The fourth-order valence-electron chi connectivity index (χ4n) is 2.60. The van der Waals surface area contributed by atoms with Crippen LogP contribution in [0.1, 0.15) is 15.9 Å². The number of rotatable bonds is 11. The third-order valence-electron chi connectivity index (χ3n) is 4.06. The largest absolute Gasteiger partial charge is 0.507 e. The molecule has 1 amide bonds. The summed E-state index contributed by atoms with van der Waals surface area (Å²) in [4.78, 5) is 12.0. The maximum atomic E-state index is 11.5. The van der Waals surface area contributed by atoms with Crippen LogP contribution in [0.5, 0.6) is 17.2 Å². The minimum absolute atomic E-state index is 0.00326. The molecule has 2 atom stereocenters. The number of phenols is 1. The van der Waals surface area contributed by atoms with E-state index in [1.165, 1.54) is 18.2 Å². The molecule has 0 fully saturated rings. The summed E-state index contributed by atoms with van der Waals surface area (Å²) >= 11 is 0. The molecule has 0 spiro atoms. The van der Waals surface area contributed by atoms with Gasteiger partial charge < -0.3 is 30.7 Å². The molecule has 2 aromatic rings. The predicted molar refractivity (Wildman–Crippen MR) is 110 cm³/mol. The number of aliphatic hydroxyl groups is 1. The lowest BCUT2D eigenvalue weighted by atomic mass is 10.2. The smallest absolute Gasteiger partial charge is 0.252 e. The van der Waals surface area contributed by atoms with Crippen molar-refractivity contribution in [1.82, 2.24) is 5.32 Å². The number of nitrogens with one attached hydrogen (secondary N) is 1. The molecular formula is C20H26N2O6S. The third kappa shape index (κ3) is 7.04. The summed E-state index contributed by atoms with van der Waals surface area (Å²) in [6.07, 6.45) is 0.908. The zero-order valence-electron chi connectivity index (χ0n) is 16.4. The maximum absolute atomic E-state index is 11.5. The lowest BCUT2D eigenvalue weighted by molar-refractivity contribution is 0.0996. The molecule has 9 heteroatoms. The molecule has 0 saturated carbocycles. The Kier molecular flexibility index (Phi) is 8.44. The van der Waals surface area contributed by atoms with Gasteiger partial charge >= 0.3 is 0 Å². The lowest BCUT2D eigenvalue weighted by Gasteiger charge is -2.14. The van der Waals surface area contributed by atoms with Crippen molar-refractivity contribution in [2.45, 2.75) is 17.9 Å². The molecular weight excluding hydrogens is 396 g/mol. The second-order valence-electron chi connectivity index (χ2n) is 6.44. The molecule has 0 bridgehead atoms. The van der Waals surface area contributed by atoms with Gasteiger partial charge in [-0.3, -0.25) is 9.00 Å². The molecule has 2 aromatic carbocycles. The van der Waals surface area contributed by atoms with Crippen molar-refractivity contribution < 1.29 is 28.7 Å². The van der Waals surface area contributed by atoms with Crippen LogP contribution in [0.15, 0.2) is 41.3 Å². The first-order valence-corrected chi connectivity index (χ1v) is 10.5. The first-order chi connectivity index (χ1) is 13.8. The molecule has 0 aromatic heterocycles. The number of aryl methyl sites for hydroxylation is 1. The number of amides is 1.